The van der Waals surface area contributed by atoms with Gasteiger partial charge in [-0.05, 0) is 60.4 Å². The third-order valence-electron chi connectivity index (χ3n) is 5.52. The van der Waals surface area contributed by atoms with Crippen LogP contribution in [0.3, 0.4) is 0 Å². The Morgan fingerprint density at radius 1 is 1.29 bits per heavy atom. The molecular weight excluding hydrogens is 613 g/mol. The van der Waals surface area contributed by atoms with Crippen LogP contribution in [0.4, 0.5) is 0 Å². The number of nitrogens with one attached hydrogen (secondary N) is 1. The minimum Gasteiger partial charge on any atom is -0.477 e. The maximum Gasteiger partial charge on any atom is 0.352 e. The molecule has 42 heavy (non-hydrogen) atoms. The van der Waals surface area contributed by atoms with E-state index < -0.39 is 47.4 Å². The Hall–Kier alpha value is -4.17. The smallest absolute Gasteiger partial charge is 0.352 e. The molecule has 0 radical (unpaired) electrons. The summed E-state index contributed by atoms with van der Waals surface area (Å²) in [5, 5.41) is 31.5. The molecule has 0 bridgehead atoms. The van der Waals surface area contributed by atoms with Crippen molar-refractivity contribution in [1.82, 2.24) is 44.8 Å². The Morgan fingerprint density at radius 2 is 2.10 bits per heavy atom. The second-order valence-electron chi connectivity index (χ2n) is 9.66. The fourth-order valence-corrected chi connectivity index (χ4v) is 6.62. The summed E-state index contributed by atoms with van der Waals surface area (Å²) in [6, 6.07) is 2.36. The lowest BCUT2D eigenvalue weighted by molar-refractivity contribution is -0.160. The summed E-state index contributed by atoms with van der Waals surface area (Å²) in [4.78, 5) is 60.6. The van der Waals surface area contributed by atoms with Gasteiger partial charge in [-0.2, -0.15) is 4.37 Å². The van der Waals surface area contributed by atoms with E-state index in [2.05, 4.69) is 40.5 Å². The van der Waals surface area contributed by atoms with Gasteiger partial charge in [-0.3, -0.25) is 14.5 Å². The predicted octanol–water partition coefficient (Wildman–Crippen LogP) is -0.0359. The lowest BCUT2D eigenvalue weighted by Crippen LogP contribution is -2.71. The van der Waals surface area contributed by atoms with E-state index in [0.717, 1.165) is 16.4 Å². The van der Waals surface area contributed by atoms with Crippen molar-refractivity contribution in [2.45, 2.75) is 42.8 Å². The van der Waals surface area contributed by atoms with Crippen molar-refractivity contribution in [2.24, 2.45) is 5.16 Å². The van der Waals surface area contributed by atoms with E-state index in [0.29, 0.717) is 22.0 Å². The maximum absolute atomic E-state index is 13.1. The zero-order valence-corrected chi connectivity index (χ0v) is 24.6. The Labute approximate surface area is 249 Å². The van der Waals surface area contributed by atoms with Gasteiger partial charge < -0.3 is 20.0 Å². The van der Waals surface area contributed by atoms with Gasteiger partial charge in [-0.1, -0.05) is 5.16 Å². The van der Waals surface area contributed by atoms with Gasteiger partial charge in [0.1, 0.15) is 33.3 Å². The number of ether oxygens (including phenoxy) is 1. The topological polar surface area (TPSA) is 216 Å². The number of rotatable bonds is 10. The van der Waals surface area contributed by atoms with Crippen LogP contribution in [0, 0.1) is 0 Å². The molecule has 220 valence electrons. The number of hydrogen-bond acceptors (Lipinski definition) is 16. The van der Waals surface area contributed by atoms with Crippen molar-refractivity contribution in [3.8, 4) is 0 Å². The molecule has 0 saturated carbocycles. The van der Waals surface area contributed by atoms with Crippen LogP contribution in [0.15, 0.2) is 39.1 Å². The summed E-state index contributed by atoms with van der Waals surface area (Å²) in [5.41, 5.74) is 1.13. The number of carbonyl (C=O) groups is 4. The van der Waals surface area contributed by atoms with Crippen molar-refractivity contribution < 1.29 is 33.9 Å². The predicted molar refractivity (Wildman–Crippen MR) is 147 cm³/mol. The van der Waals surface area contributed by atoms with Gasteiger partial charge >= 0.3 is 11.9 Å². The Kier molecular flexibility index (Phi) is 8.36. The summed E-state index contributed by atoms with van der Waals surface area (Å²) >= 11 is 3.54. The molecule has 20 heteroatoms. The normalized spacial score (nSPS) is 18.9. The third kappa shape index (κ3) is 6.34. The number of aromatic nitrogens is 7. The van der Waals surface area contributed by atoms with E-state index in [1.165, 1.54) is 33.7 Å². The van der Waals surface area contributed by atoms with Gasteiger partial charge in [-0.15, -0.1) is 38.4 Å². The zero-order chi connectivity index (χ0) is 30.0. The fraction of sp³-hybridized carbons (Fsp3) is 0.409. The number of thioether (sulfide) groups is 2. The van der Waals surface area contributed by atoms with Crippen LogP contribution < -0.4 is 5.32 Å². The zero-order valence-electron chi connectivity index (χ0n) is 22.2. The van der Waals surface area contributed by atoms with Crippen LogP contribution in [0.1, 0.15) is 26.6 Å². The molecule has 5 rings (SSSR count). The maximum atomic E-state index is 13.1. The average molecular weight is 635 g/mol. The van der Waals surface area contributed by atoms with Crippen molar-refractivity contribution >= 4 is 70.2 Å². The number of oxime groups is 1. The molecule has 1 fully saturated rings. The summed E-state index contributed by atoms with van der Waals surface area (Å²) in [6.45, 7) is 4.50. The second-order valence-corrected chi connectivity index (χ2v) is 12.4. The highest BCUT2D eigenvalue weighted by atomic mass is 32.2. The Balaban J connectivity index is 1.26. The van der Waals surface area contributed by atoms with E-state index in [1.807, 2.05) is 0 Å². The molecule has 3 aromatic rings. The molecule has 3 aromatic heterocycles. The van der Waals surface area contributed by atoms with E-state index >= 15 is 0 Å². The van der Waals surface area contributed by atoms with E-state index in [9.17, 15) is 24.3 Å². The number of β-lactam (4-membered cyclic amide) rings is 1. The Bertz CT molecular complexity index is 1600. The second kappa shape index (κ2) is 12.0. The van der Waals surface area contributed by atoms with Crippen LogP contribution >= 0.6 is 35.1 Å². The van der Waals surface area contributed by atoms with E-state index in [1.54, 1.807) is 32.9 Å². The number of amides is 2. The molecule has 0 spiro atoms. The van der Waals surface area contributed by atoms with Gasteiger partial charge in [0.05, 0.1) is 0 Å². The van der Waals surface area contributed by atoms with Crippen LogP contribution in [0.25, 0.3) is 5.65 Å². The molecule has 5 heterocycles. The monoisotopic (exact) mass is 634 g/mol. The number of carboxylic acid groups (broad SMARTS) is 1. The molecule has 1 saturated heterocycles. The molecule has 2 aliphatic rings. The van der Waals surface area contributed by atoms with Gasteiger partial charge in [0.25, 0.3) is 11.8 Å². The molecule has 0 aromatic carbocycles. The third-order valence-corrected chi connectivity index (χ3v) is 8.35. The number of aliphatic carboxylic acids is 1. The number of fused-ring (bicyclic) bond motifs is 2. The van der Waals surface area contributed by atoms with Crippen molar-refractivity contribution in [2.75, 3.05) is 18.1 Å². The number of carboxylic acids is 1. The molecule has 2 amide bonds. The summed E-state index contributed by atoms with van der Waals surface area (Å²) in [7, 11) is 0. The first-order valence-electron chi connectivity index (χ1n) is 12.1. The first-order valence-corrected chi connectivity index (χ1v) is 15.0. The highest BCUT2D eigenvalue weighted by Crippen LogP contribution is 2.41. The van der Waals surface area contributed by atoms with Crippen molar-refractivity contribution in [3.63, 3.8) is 0 Å². The lowest BCUT2D eigenvalue weighted by Gasteiger charge is -2.49. The van der Waals surface area contributed by atoms with Crippen LogP contribution in [0.5, 0.6) is 0 Å². The van der Waals surface area contributed by atoms with Crippen molar-refractivity contribution in [3.05, 3.63) is 34.7 Å². The molecule has 0 aliphatic carbocycles. The van der Waals surface area contributed by atoms with Crippen LogP contribution in [-0.4, -0.2) is 109 Å². The summed E-state index contributed by atoms with van der Waals surface area (Å²) in [5.74, 6) is -2.91. The van der Waals surface area contributed by atoms with Crippen LogP contribution in [0.2, 0.25) is 0 Å². The highest BCUT2D eigenvalue weighted by molar-refractivity contribution is 8.01. The average Bonchev–Trinajstić information content (AvgIpc) is 3.63. The number of nitrogens with zero attached hydrogens (tertiary/aromatic N) is 9. The van der Waals surface area contributed by atoms with Crippen LogP contribution in [-0.2, 0) is 28.8 Å². The fourth-order valence-electron chi connectivity index (χ4n) is 3.85. The van der Waals surface area contributed by atoms with Gasteiger partial charge in [0.2, 0.25) is 18.1 Å². The van der Waals surface area contributed by atoms with Gasteiger partial charge in [0.15, 0.2) is 5.65 Å². The largest absolute Gasteiger partial charge is 0.477 e. The quantitative estimate of drug-likeness (QED) is 0.0983. The standard InChI is InChI=1S/C22H22N10O7S3/c1-22(2,3)39-13(33)6-38-27-14(17-23-9-42-28-17)18(34)24-15-19(35)31-16(21(36)37)10(8-41-20(15)31)7-40-12-5-4-11-25-29-30-32(11)26-12/h4-5,9,15,20H,6-8H2,1-3H3,(H,24,34)(H,36,37)/t15?,20-/m0/s1. The number of esters is 1. The van der Waals surface area contributed by atoms with Crippen molar-refractivity contribution in [1.29, 1.82) is 0 Å². The minimum atomic E-state index is -1.26. The molecule has 1 unspecified atom stereocenters. The molecule has 2 atom stereocenters. The molecule has 2 aliphatic heterocycles. The molecule has 2 N–H and O–H groups in total. The van der Waals surface area contributed by atoms with E-state index in [4.69, 9.17) is 9.57 Å². The molecular formula is C22H22N10O7S3. The summed E-state index contributed by atoms with van der Waals surface area (Å²) < 4.78 is 10.4. The summed E-state index contributed by atoms with van der Waals surface area (Å²) in [6.07, 6.45) is 0. The molecule has 17 nitrogen and oxygen atoms in total. The lowest BCUT2D eigenvalue weighted by atomic mass is 10.0. The number of tetrazole rings is 1. The highest BCUT2D eigenvalue weighted by Gasteiger charge is 2.54. The Morgan fingerprint density at radius 3 is 2.81 bits per heavy atom. The number of hydrogen-bond donors (Lipinski definition) is 2. The number of carbonyl (C=O) groups excluding carboxylic acids is 3. The minimum absolute atomic E-state index is 0.0690. The SMILES string of the molecule is CC(C)(C)OC(=O)CON=C(C(=O)NC1C(=O)N2C(C(=O)O)=C(CSc3ccc4nnnn4n3)CS[C@@H]12)c1ncsn1. The van der Waals surface area contributed by atoms with E-state index in [-0.39, 0.29) is 23.0 Å². The first-order chi connectivity index (χ1) is 20.0. The first kappa shape index (κ1) is 29.3. The van der Waals surface area contributed by atoms with Gasteiger partial charge in [0, 0.05) is 11.5 Å². The van der Waals surface area contributed by atoms with Gasteiger partial charge in [-0.25, -0.2) is 14.6 Å².